The van der Waals surface area contributed by atoms with E-state index in [-0.39, 0.29) is 36.6 Å². The lowest BCUT2D eigenvalue weighted by Gasteiger charge is -2.36. The van der Waals surface area contributed by atoms with Crippen LogP contribution >= 0.6 is 36.2 Å². The van der Waals surface area contributed by atoms with Crippen molar-refractivity contribution in [2.75, 3.05) is 33.2 Å². The number of nitrogens with zero attached hydrogens (tertiary/aromatic N) is 1. The molecule has 0 saturated carbocycles. The smallest absolute Gasteiger partial charge is 0.224 e. The van der Waals surface area contributed by atoms with Crippen LogP contribution in [0, 0.1) is 11.8 Å². The SMILES string of the molecule is CNCC(C)C(=O)NCC(c1cccs1)N1CCC(C)CC1.Cl.Cl. The Bertz CT molecular complexity index is 451. The van der Waals surface area contributed by atoms with Crippen LogP contribution in [0.15, 0.2) is 17.5 Å². The molecule has 2 N–H and O–H groups in total. The highest BCUT2D eigenvalue weighted by Gasteiger charge is 2.26. The number of carbonyl (C=O) groups is 1. The van der Waals surface area contributed by atoms with Gasteiger partial charge in [0.2, 0.25) is 5.91 Å². The fourth-order valence-corrected chi connectivity index (χ4v) is 3.86. The summed E-state index contributed by atoms with van der Waals surface area (Å²) in [4.78, 5) is 16.1. The molecule has 0 aromatic carbocycles. The number of hydrogen-bond acceptors (Lipinski definition) is 4. The lowest BCUT2D eigenvalue weighted by atomic mass is 9.97. The third-order valence-electron chi connectivity index (χ3n) is 4.56. The van der Waals surface area contributed by atoms with E-state index in [0.29, 0.717) is 12.6 Å². The second-order valence-electron chi connectivity index (χ2n) is 6.45. The van der Waals surface area contributed by atoms with Gasteiger partial charge in [-0.3, -0.25) is 9.69 Å². The number of halogens is 2. The highest BCUT2D eigenvalue weighted by Crippen LogP contribution is 2.29. The third-order valence-corrected chi connectivity index (χ3v) is 5.53. The lowest BCUT2D eigenvalue weighted by Crippen LogP contribution is -2.43. The number of hydrogen-bond donors (Lipinski definition) is 2. The molecular formula is C17H31Cl2N3OS. The molecule has 1 fully saturated rings. The van der Waals surface area contributed by atoms with Crippen molar-refractivity contribution in [2.24, 2.45) is 11.8 Å². The predicted octanol–water partition coefficient (Wildman–Crippen LogP) is 3.34. The molecular weight excluding hydrogens is 365 g/mol. The molecule has 1 aliphatic heterocycles. The molecule has 4 nitrogen and oxygen atoms in total. The minimum absolute atomic E-state index is 0. The van der Waals surface area contributed by atoms with E-state index in [1.54, 1.807) is 11.3 Å². The average molecular weight is 396 g/mol. The van der Waals surface area contributed by atoms with Crippen molar-refractivity contribution < 1.29 is 4.79 Å². The van der Waals surface area contributed by atoms with E-state index in [1.807, 2.05) is 14.0 Å². The first-order valence-corrected chi connectivity index (χ1v) is 9.19. The largest absolute Gasteiger partial charge is 0.354 e. The topological polar surface area (TPSA) is 44.4 Å². The molecule has 0 radical (unpaired) electrons. The first-order chi connectivity index (χ1) is 10.6. The van der Waals surface area contributed by atoms with Crippen LogP contribution in [0.3, 0.4) is 0 Å². The first-order valence-electron chi connectivity index (χ1n) is 8.31. The number of piperidine rings is 1. The molecule has 0 spiro atoms. The molecule has 2 rings (SSSR count). The fourth-order valence-electron chi connectivity index (χ4n) is 3.00. The first kappa shape index (κ1) is 23.7. The highest BCUT2D eigenvalue weighted by molar-refractivity contribution is 7.10. The van der Waals surface area contributed by atoms with Gasteiger partial charge in [0.05, 0.1) is 6.04 Å². The van der Waals surface area contributed by atoms with Crippen molar-refractivity contribution in [3.05, 3.63) is 22.4 Å². The maximum absolute atomic E-state index is 12.2. The Morgan fingerprint density at radius 2 is 2.00 bits per heavy atom. The summed E-state index contributed by atoms with van der Waals surface area (Å²) in [5.74, 6) is 0.974. The zero-order valence-electron chi connectivity index (χ0n) is 14.8. The fraction of sp³-hybridized carbons (Fsp3) is 0.706. The number of rotatable bonds is 7. The Balaban J connectivity index is 0.00000264. The second-order valence-corrected chi connectivity index (χ2v) is 7.43. The third kappa shape index (κ3) is 6.89. The van der Waals surface area contributed by atoms with Crippen LogP contribution in [0.5, 0.6) is 0 Å². The monoisotopic (exact) mass is 395 g/mol. The summed E-state index contributed by atoms with van der Waals surface area (Å²) in [5, 5.41) is 8.34. The summed E-state index contributed by atoms with van der Waals surface area (Å²) in [6.07, 6.45) is 2.51. The van der Waals surface area contributed by atoms with Crippen molar-refractivity contribution in [3.8, 4) is 0 Å². The molecule has 24 heavy (non-hydrogen) atoms. The van der Waals surface area contributed by atoms with Crippen LogP contribution in [-0.2, 0) is 4.79 Å². The van der Waals surface area contributed by atoms with Gasteiger partial charge in [0.25, 0.3) is 0 Å². The molecule has 140 valence electrons. The summed E-state index contributed by atoms with van der Waals surface area (Å²) in [6.45, 7) is 7.99. The van der Waals surface area contributed by atoms with E-state index in [9.17, 15) is 4.79 Å². The summed E-state index contributed by atoms with van der Waals surface area (Å²) < 4.78 is 0. The van der Waals surface area contributed by atoms with Gasteiger partial charge in [-0.1, -0.05) is 19.9 Å². The summed E-state index contributed by atoms with van der Waals surface area (Å²) >= 11 is 1.79. The molecule has 1 aromatic rings. The number of amides is 1. The van der Waals surface area contributed by atoms with E-state index in [4.69, 9.17) is 0 Å². The zero-order valence-corrected chi connectivity index (χ0v) is 17.2. The van der Waals surface area contributed by atoms with Gasteiger partial charge >= 0.3 is 0 Å². The normalized spacial score (nSPS) is 18.1. The van der Waals surface area contributed by atoms with E-state index in [2.05, 4.69) is 40.0 Å². The van der Waals surface area contributed by atoms with Crippen LogP contribution in [0.4, 0.5) is 0 Å². The highest BCUT2D eigenvalue weighted by atomic mass is 35.5. The van der Waals surface area contributed by atoms with Gasteiger partial charge < -0.3 is 10.6 Å². The summed E-state index contributed by atoms with van der Waals surface area (Å²) in [5.41, 5.74) is 0. The van der Waals surface area contributed by atoms with Crippen molar-refractivity contribution in [1.29, 1.82) is 0 Å². The van der Waals surface area contributed by atoms with Crippen LogP contribution in [0.25, 0.3) is 0 Å². The van der Waals surface area contributed by atoms with Crippen molar-refractivity contribution in [2.45, 2.75) is 32.7 Å². The lowest BCUT2D eigenvalue weighted by molar-refractivity contribution is -0.124. The maximum Gasteiger partial charge on any atom is 0.224 e. The molecule has 1 aliphatic rings. The molecule has 2 atom stereocenters. The predicted molar refractivity (Wildman–Crippen MR) is 108 cm³/mol. The maximum atomic E-state index is 12.2. The molecule has 2 heterocycles. The van der Waals surface area contributed by atoms with Gasteiger partial charge in [-0.2, -0.15) is 0 Å². The molecule has 7 heteroatoms. The number of nitrogens with one attached hydrogen (secondary N) is 2. The molecule has 0 bridgehead atoms. The Hall–Kier alpha value is -0.330. The summed E-state index contributed by atoms with van der Waals surface area (Å²) in [7, 11) is 1.88. The van der Waals surface area contributed by atoms with E-state index < -0.39 is 0 Å². The van der Waals surface area contributed by atoms with E-state index in [1.165, 1.54) is 17.7 Å². The van der Waals surface area contributed by atoms with Crippen molar-refractivity contribution in [3.63, 3.8) is 0 Å². The Morgan fingerprint density at radius 1 is 1.33 bits per heavy atom. The standard InChI is InChI=1S/C17H29N3OS.2ClH/c1-13-6-8-20(9-7-13)15(16-5-4-10-22-16)12-19-17(21)14(2)11-18-3;;/h4-5,10,13-15,18H,6-9,11-12H2,1-3H3,(H,19,21);2*1H. The summed E-state index contributed by atoms with van der Waals surface area (Å²) in [6, 6.07) is 4.61. The second kappa shape index (κ2) is 12.1. The molecule has 1 saturated heterocycles. The van der Waals surface area contributed by atoms with Crippen LogP contribution in [0.1, 0.15) is 37.6 Å². The van der Waals surface area contributed by atoms with Gasteiger partial charge in [0.15, 0.2) is 0 Å². The van der Waals surface area contributed by atoms with Crippen LogP contribution in [-0.4, -0.2) is 44.0 Å². The van der Waals surface area contributed by atoms with Crippen LogP contribution in [0.2, 0.25) is 0 Å². The van der Waals surface area contributed by atoms with Gasteiger partial charge in [0.1, 0.15) is 0 Å². The van der Waals surface area contributed by atoms with Gasteiger partial charge in [-0.15, -0.1) is 36.2 Å². The number of likely N-dealkylation sites (tertiary alicyclic amines) is 1. The van der Waals surface area contributed by atoms with E-state index in [0.717, 1.165) is 25.6 Å². The molecule has 2 unspecified atom stereocenters. The molecule has 0 aliphatic carbocycles. The minimum Gasteiger partial charge on any atom is -0.354 e. The molecule has 1 amide bonds. The van der Waals surface area contributed by atoms with Crippen molar-refractivity contribution >= 4 is 42.1 Å². The Labute approximate surface area is 162 Å². The van der Waals surface area contributed by atoms with Gasteiger partial charge in [0, 0.05) is 23.9 Å². The minimum atomic E-state index is 0. The van der Waals surface area contributed by atoms with Gasteiger partial charge in [-0.05, 0) is 50.3 Å². The van der Waals surface area contributed by atoms with E-state index >= 15 is 0 Å². The quantitative estimate of drug-likeness (QED) is 0.743. The zero-order chi connectivity index (χ0) is 15.9. The number of carbonyl (C=O) groups excluding carboxylic acids is 1. The average Bonchev–Trinajstić information content (AvgIpc) is 3.03. The Kier molecular flexibility index (Phi) is 11.9. The van der Waals surface area contributed by atoms with Crippen molar-refractivity contribution in [1.82, 2.24) is 15.5 Å². The van der Waals surface area contributed by atoms with Gasteiger partial charge in [-0.25, -0.2) is 0 Å². The molecule has 1 aromatic heterocycles. The Morgan fingerprint density at radius 3 is 2.54 bits per heavy atom. The van der Waals surface area contributed by atoms with Crippen LogP contribution < -0.4 is 10.6 Å². The number of thiophene rings is 1.